The van der Waals surface area contributed by atoms with E-state index in [2.05, 4.69) is 5.32 Å². The Morgan fingerprint density at radius 1 is 1.44 bits per heavy atom. The zero-order valence-electron chi connectivity index (χ0n) is 10.9. The van der Waals surface area contributed by atoms with Gasteiger partial charge in [0.15, 0.2) is 0 Å². The van der Waals surface area contributed by atoms with Gasteiger partial charge in [-0.05, 0) is 36.7 Å². The van der Waals surface area contributed by atoms with Crippen LogP contribution in [0.3, 0.4) is 0 Å². The van der Waals surface area contributed by atoms with Gasteiger partial charge in [0.2, 0.25) is 0 Å². The van der Waals surface area contributed by atoms with Crippen LogP contribution >= 0.6 is 0 Å². The van der Waals surface area contributed by atoms with Gasteiger partial charge in [0.25, 0.3) is 0 Å². The van der Waals surface area contributed by atoms with Crippen LogP contribution in [0.4, 0.5) is 4.39 Å². The molecule has 100 valence electrons. The summed E-state index contributed by atoms with van der Waals surface area (Å²) in [5, 5.41) is 3.36. The van der Waals surface area contributed by atoms with Crippen molar-refractivity contribution in [1.29, 1.82) is 0 Å². The van der Waals surface area contributed by atoms with E-state index in [4.69, 9.17) is 9.47 Å². The van der Waals surface area contributed by atoms with Crippen molar-refractivity contribution in [3.8, 4) is 0 Å². The average Bonchev–Trinajstić information content (AvgIpc) is 2.40. The summed E-state index contributed by atoms with van der Waals surface area (Å²) in [7, 11) is 0. The number of hydrogen-bond acceptors (Lipinski definition) is 3. The highest BCUT2D eigenvalue weighted by atomic mass is 19.1. The fourth-order valence-electron chi connectivity index (χ4n) is 2.31. The Morgan fingerprint density at radius 3 is 2.94 bits per heavy atom. The number of aryl methyl sites for hydroxylation is 1. The van der Waals surface area contributed by atoms with Crippen molar-refractivity contribution in [2.24, 2.45) is 0 Å². The predicted octanol–water partition coefficient (Wildman–Crippen LogP) is 2.20. The maximum absolute atomic E-state index is 13.4. The van der Waals surface area contributed by atoms with Crippen molar-refractivity contribution in [1.82, 2.24) is 5.32 Å². The molecule has 1 aromatic carbocycles. The Labute approximate surface area is 107 Å². The molecule has 2 rings (SSSR count). The van der Waals surface area contributed by atoms with E-state index in [1.165, 1.54) is 6.07 Å². The molecule has 1 heterocycles. The molecule has 0 bridgehead atoms. The van der Waals surface area contributed by atoms with Gasteiger partial charge in [0.1, 0.15) is 11.9 Å². The van der Waals surface area contributed by atoms with Crippen LogP contribution in [0.2, 0.25) is 0 Å². The average molecular weight is 253 g/mol. The van der Waals surface area contributed by atoms with Crippen LogP contribution < -0.4 is 5.32 Å². The number of hydrogen-bond donors (Lipinski definition) is 1. The largest absolute Gasteiger partial charge is 0.376 e. The number of halogens is 1. The van der Waals surface area contributed by atoms with E-state index in [9.17, 15) is 4.39 Å². The monoisotopic (exact) mass is 253 g/mol. The first-order chi connectivity index (χ1) is 8.72. The van der Waals surface area contributed by atoms with E-state index in [0.717, 1.165) is 17.7 Å². The lowest BCUT2D eigenvalue weighted by Crippen LogP contribution is -2.40. The van der Waals surface area contributed by atoms with Gasteiger partial charge in [-0.3, -0.25) is 0 Å². The number of nitrogens with one attached hydrogen (secondary N) is 1. The minimum absolute atomic E-state index is 0.0222. The van der Waals surface area contributed by atoms with E-state index in [-0.39, 0.29) is 18.0 Å². The lowest BCUT2D eigenvalue weighted by Gasteiger charge is -2.32. The smallest absolute Gasteiger partial charge is 0.123 e. The highest BCUT2D eigenvalue weighted by molar-refractivity contribution is 5.30. The molecule has 0 radical (unpaired) electrons. The molecule has 1 aliphatic rings. The zero-order chi connectivity index (χ0) is 13.0. The van der Waals surface area contributed by atoms with Crippen LogP contribution in [-0.4, -0.2) is 32.5 Å². The van der Waals surface area contributed by atoms with Crippen LogP contribution in [0.15, 0.2) is 18.2 Å². The highest BCUT2D eigenvalue weighted by Gasteiger charge is 2.27. The lowest BCUT2D eigenvalue weighted by molar-refractivity contribution is -0.102. The topological polar surface area (TPSA) is 30.5 Å². The molecule has 3 nitrogen and oxygen atoms in total. The number of likely N-dealkylation sites (N-methyl/N-ethyl adjacent to an activating group) is 1. The van der Waals surface area contributed by atoms with Crippen LogP contribution in [0.5, 0.6) is 0 Å². The first-order valence-electron chi connectivity index (χ1n) is 6.41. The van der Waals surface area contributed by atoms with Gasteiger partial charge < -0.3 is 14.8 Å². The normalized spacial score (nSPS) is 21.8. The van der Waals surface area contributed by atoms with E-state index in [1.807, 2.05) is 13.8 Å². The maximum atomic E-state index is 13.4. The summed E-state index contributed by atoms with van der Waals surface area (Å²) in [5.41, 5.74) is 2.02. The third kappa shape index (κ3) is 3.07. The van der Waals surface area contributed by atoms with E-state index >= 15 is 0 Å². The third-order valence-electron chi connectivity index (χ3n) is 3.21. The summed E-state index contributed by atoms with van der Waals surface area (Å²) in [5.74, 6) is -0.213. The molecule has 0 aliphatic carbocycles. The van der Waals surface area contributed by atoms with Gasteiger partial charge >= 0.3 is 0 Å². The van der Waals surface area contributed by atoms with Crippen LogP contribution in [-0.2, 0) is 9.47 Å². The molecule has 2 unspecified atom stereocenters. The van der Waals surface area contributed by atoms with Gasteiger partial charge in [0.05, 0.1) is 25.9 Å². The second kappa shape index (κ2) is 6.27. The second-order valence-electron chi connectivity index (χ2n) is 4.52. The molecule has 1 aliphatic heterocycles. The number of ether oxygens (including phenoxy) is 2. The first-order valence-corrected chi connectivity index (χ1v) is 6.41. The van der Waals surface area contributed by atoms with Gasteiger partial charge in [-0.1, -0.05) is 13.0 Å². The Hall–Kier alpha value is -0.970. The number of benzene rings is 1. The first kappa shape index (κ1) is 13.5. The van der Waals surface area contributed by atoms with Gasteiger partial charge in [-0.2, -0.15) is 0 Å². The zero-order valence-corrected chi connectivity index (χ0v) is 10.9. The van der Waals surface area contributed by atoms with Crippen molar-refractivity contribution in [2.75, 3.05) is 26.4 Å². The molecule has 1 aromatic rings. The van der Waals surface area contributed by atoms with Gasteiger partial charge in [-0.15, -0.1) is 0 Å². The molecule has 0 spiro atoms. The fraction of sp³-hybridized carbons (Fsp3) is 0.571. The fourth-order valence-corrected chi connectivity index (χ4v) is 2.31. The molecule has 1 fully saturated rings. The summed E-state index contributed by atoms with van der Waals surface area (Å²) in [6, 6.07) is 4.85. The van der Waals surface area contributed by atoms with Gasteiger partial charge in [0, 0.05) is 0 Å². The SMILES string of the molecule is CCNC(c1cc(F)ccc1C)C1COCCO1. The van der Waals surface area contributed by atoms with E-state index in [0.29, 0.717) is 19.8 Å². The molecule has 0 aromatic heterocycles. The molecular weight excluding hydrogens is 233 g/mol. The Morgan fingerprint density at radius 2 is 2.28 bits per heavy atom. The molecule has 1 saturated heterocycles. The molecule has 18 heavy (non-hydrogen) atoms. The van der Waals surface area contributed by atoms with Crippen LogP contribution in [0.25, 0.3) is 0 Å². The lowest BCUT2D eigenvalue weighted by atomic mass is 9.96. The molecule has 0 amide bonds. The molecule has 2 atom stereocenters. The highest BCUT2D eigenvalue weighted by Crippen LogP contribution is 2.25. The molecule has 0 saturated carbocycles. The summed E-state index contributed by atoms with van der Waals surface area (Å²) < 4.78 is 24.6. The summed E-state index contributed by atoms with van der Waals surface area (Å²) >= 11 is 0. The molecular formula is C14H20FNO2. The molecule has 1 N–H and O–H groups in total. The molecule has 4 heteroatoms. The van der Waals surface area contributed by atoms with Crippen molar-refractivity contribution >= 4 is 0 Å². The maximum Gasteiger partial charge on any atom is 0.123 e. The van der Waals surface area contributed by atoms with Gasteiger partial charge in [-0.25, -0.2) is 4.39 Å². The van der Waals surface area contributed by atoms with Crippen molar-refractivity contribution < 1.29 is 13.9 Å². The van der Waals surface area contributed by atoms with Crippen molar-refractivity contribution in [2.45, 2.75) is 26.0 Å². The van der Waals surface area contributed by atoms with E-state index < -0.39 is 0 Å². The second-order valence-corrected chi connectivity index (χ2v) is 4.52. The quantitative estimate of drug-likeness (QED) is 0.892. The summed E-state index contributed by atoms with van der Waals surface area (Å²) in [6.07, 6.45) is -0.0563. The minimum Gasteiger partial charge on any atom is -0.376 e. The Bertz CT molecular complexity index is 391. The number of rotatable bonds is 4. The van der Waals surface area contributed by atoms with Crippen LogP contribution in [0, 0.1) is 12.7 Å². The third-order valence-corrected chi connectivity index (χ3v) is 3.21. The van der Waals surface area contributed by atoms with Crippen LogP contribution in [0.1, 0.15) is 24.1 Å². The van der Waals surface area contributed by atoms with Crippen molar-refractivity contribution in [3.05, 3.63) is 35.1 Å². The summed E-state index contributed by atoms with van der Waals surface area (Å²) in [4.78, 5) is 0. The van der Waals surface area contributed by atoms with E-state index in [1.54, 1.807) is 12.1 Å². The summed E-state index contributed by atoms with van der Waals surface area (Å²) in [6.45, 7) is 6.61. The minimum atomic E-state index is -0.213. The predicted molar refractivity (Wildman–Crippen MR) is 68.1 cm³/mol. The standard InChI is InChI=1S/C14H20FNO2/c1-3-16-14(13-9-17-6-7-18-13)12-8-11(15)5-4-10(12)2/h4-5,8,13-14,16H,3,6-7,9H2,1-2H3. The van der Waals surface area contributed by atoms with Crippen molar-refractivity contribution in [3.63, 3.8) is 0 Å². The Balaban J connectivity index is 2.24. The Kier molecular flexibility index (Phi) is 4.69.